The average molecular weight is 213 g/mol. The van der Waals surface area contributed by atoms with E-state index < -0.39 is 0 Å². The number of nitrogens with zero attached hydrogens (tertiary/aromatic N) is 1. The first-order valence-corrected chi connectivity index (χ1v) is 5.88. The van der Waals surface area contributed by atoms with Crippen molar-refractivity contribution in [3.05, 3.63) is 0 Å². The molecule has 0 aromatic carbocycles. The minimum absolute atomic E-state index is 0.199. The molecule has 3 N–H and O–H groups in total. The molecule has 0 aliphatic heterocycles. The summed E-state index contributed by atoms with van der Waals surface area (Å²) < 4.78 is 0. The van der Waals surface area contributed by atoms with Gasteiger partial charge in [0.15, 0.2) is 0 Å². The Bertz CT molecular complexity index is 204. The van der Waals surface area contributed by atoms with Crippen molar-refractivity contribution in [2.75, 3.05) is 20.1 Å². The molecule has 0 aromatic rings. The summed E-state index contributed by atoms with van der Waals surface area (Å²) in [7, 11) is 2.08. The fourth-order valence-electron chi connectivity index (χ4n) is 1.84. The lowest BCUT2D eigenvalue weighted by atomic mass is 9.91. The molecule has 0 aromatic heterocycles. The van der Waals surface area contributed by atoms with Crippen LogP contribution in [-0.4, -0.2) is 43.0 Å². The molecule has 1 saturated carbocycles. The molecular weight excluding hydrogens is 190 g/mol. The molecule has 0 radical (unpaired) electrons. The van der Waals surface area contributed by atoms with Crippen molar-refractivity contribution in [2.24, 2.45) is 5.73 Å². The second-order valence-electron chi connectivity index (χ2n) is 4.43. The van der Waals surface area contributed by atoms with Gasteiger partial charge in [0.2, 0.25) is 5.91 Å². The number of amides is 1. The van der Waals surface area contributed by atoms with Gasteiger partial charge in [-0.05, 0) is 32.9 Å². The highest BCUT2D eigenvalue weighted by molar-refractivity contribution is 5.80. The van der Waals surface area contributed by atoms with Crippen LogP contribution in [0.25, 0.3) is 0 Å². The molecule has 1 amide bonds. The number of carbonyl (C=O) groups is 1. The van der Waals surface area contributed by atoms with E-state index in [0.29, 0.717) is 6.04 Å². The number of carbonyl (C=O) groups excluding carboxylic acids is 1. The van der Waals surface area contributed by atoms with Crippen molar-refractivity contribution in [3.63, 3.8) is 0 Å². The van der Waals surface area contributed by atoms with Crippen molar-refractivity contribution < 1.29 is 4.79 Å². The lowest BCUT2D eigenvalue weighted by Crippen LogP contribution is -2.51. The Kier molecular flexibility index (Phi) is 5.05. The van der Waals surface area contributed by atoms with E-state index in [1.54, 1.807) is 0 Å². The van der Waals surface area contributed by atoms with E-state index in [0.717, 1.165) is 19.5 Å². The molecule has 1 aliphatic carbocycles. The van der Waals surface area contributed by atoms with Crippen molar-refractivity contribution in [3.8, 4) is 0 Å². The predicted molar refractivity (Wildman–Crippen MR) is 61.5 cm³/mol. The summed E-state index contributed by atoms with van der Waals surface area (Å²) in [6.07, 6.45) is 4.86. The fraction of sp³-hybridized carbons (Fsp3) is 0.909. The van der Waals surface area contributed by atoms with Crippen LogP contribution in [0.5, 0.6) is 0 Å². The number of hydrogen-bond acceptors (Lipinski definition) is 3. The maximum absolute atomic E-state index is 11.2. The molecule has 0 bridgehead atoms. The van der Waals surface area contributed by atoms with Gasteiger partial charge in [0.1, 0.15) is 0 Å². The molecule has 0 spiro atoms. The predicted octanol–water partition coefficient (Wildman–Crippen LogP) is 0.324. The molecule has 1 fully saturated rings. The van der Waals surface area contributed by atoms with Crippen molar-refractivity contribution in [2.45, 2.75) is 44.7 Å². The molecule has 88 valence electrons. The Labute approximate surface area is 92.2 Å². The molecule has 1 atom stereocenters. The molecular formula is C11H23N3O. The standard InChI is InChI=1S/C11H23N3O/c1-3-7-13-10(11(12)15)8-14(2)9-5-4-6-9/h9-10,13H,3-8H2,1-2H3,(H2,12,15). The second kappa shape index (κ2) is 6.08. The SMILES string of the molecule is CCCNC(CN(C)C1CCC1)C(N)=O. The normalized spacial score (nSPS) is 18.9. The Morgan fingerprint density at radius 2 is 2.27 bits per heavy atom. The van der Waals surface area contributed by atoms with Gasteiger partial charge in [-0.2, -0.15) is 0 Å². The minimum atomic E-state index is -0.241. The lowest BCUT2D eigenvalue weighted by Gasteiger charge is -2.36. The Hall–Kier alpha value is -0.610. The fourth-order valence-corrected chi connectivity index (χ4v) is 1.84. The van der Waals surface area contributed by atoms with Crippen LogP contribution in [0.4, 0.5) is 0 Å². The summed E-state index contributed by atoms with van der Waals surface area (Å²) >= 11 is 0. The zero-order valence-electron chi connectivity index (χ0n) is 9.83. The van der Waals surface area contributed by atoms with Gasteiger partial charge in [0, 0.05) is 12.6 Å². The van der Waals surface area contributed by atoms with Crippen LogP contribution < -0.4 is 11.1 Å². The van der Waals surface area contributed by atoms with Crippen LogP contribution in [0.3, 0.4) is 0 Å². The minimum Gasteiger partial charge on any atom is -0.368 e. The Morgan fingerprint density at radius 3 is 2.67 bits per heavy atom. The molecule has 0 heterocycles. The van der Waals surface area contributed by atoms with E-state index >= 15 is 0 Å². The maximum Gasteiger partial charge on any atom is 0.235 e. The van der Waals surface area contributed by atoms with E-state index in [9.17, 15) is 4.79 Å². The van der Waals surface area contributed by atoms with Gasteiger partial charge in [0.05, 0.1) is 6.04 Å². The van der Waals surface area contributed by atoms with Crippen LogP contribution in [0.2, 0.25) is 0 Å². The van der Waals surface area contributed by atoms with Gasteiger partial charge >= 0.3 is 0 Å². The van der Waals surface area contributed by atoms with Gasteiger partial charge < -0.3 is 16.0 Å². The smallest absolute Gasteiger partial charge is 0.235 e. The third-order valence-electron chi connectivity index (χ3n) is 3.15. The van der Waals surface area contributed by atoms with E-state index in [1.807, 2.05) is 0 Å². The van der Waals surface area contributed by atoms with Crippen LogP contribution in [-0.2, 0) is 4.79 Å². The molecule has 4 nitrogen and oxygen atoms in total. The number of nitrogens with one attached hydrogen (secondary N) is 1. The van der Waals surface area contributed by atoms with Crippen LogP contribution in [0.15, 0.2) is 0 Å². The number of nitrogens with two attached hydrogens (primary N) is 1. The highest BCUT2D eigenvalue weighted by atomic mass is 16.1. The van der Waals surface area contributed by atoms with Crippen molar-refractivity contribution >= 4 is 5.91 Å². The average Bonchev–Trinajstić information content (AvgIpc) is 2.08. The van der Waals surface area contributed by atoms with Gasteiger partial charge in [-0.25, -0.2) is 0 Å². The number of likely N-dealkylation sites (N-methyl/N-ethyl adjacent to an activating group) is 1. The summed E-state index contributed by atoms with van der Waals surface area (Å²) in [6.45, 7) is 3.67. The monoisotopic (exact) mass is 213 g/mol. The number of primary amides is 1. The maximum atomic E-state index is 11.2. The van der Waals surface area contributed by atoms with Gasteiger partial charge in [-0.1, -0.05) is 13.3 Å². The van der Waals surface area contributed by atoms with Gasteiger partial charge in [-0.15, -0.1) is 0 Å². The quantitative estimate of drug-likeness (QED) is 0.640. The number of hydrogen-bond donors (Lipinski definition) is 2. The Balaban J connectivity index is 2.31. The molecule has 1 unspecified atom stereocenters. The van der Waals surface area contributed by atoms with Crippen LogP contribution in [0, 0.1) is 0 Å². The summed E-state index contributed by atoms with van der Waals surface area (Å²) in [5, 5.41) is 3.19. The lowest BCUT2D eigenvalue weighted by molar-refractivity contribution is -0.120. The summed E-state index contributed by atoms with van der Waals surface area (Å²) in [5.74, 6) is -0.241. The highest BCUT2D eigenvalue weighted by Crippen LogP contribution is 2.23. The van der Waals surface area contributed by atoms with E-state index in [-0.39, 0.29) is 11.9 Å². The largest absolute Gasteiger partial charge is 0.368 e. The molecule has 1 rings (SSSR count). The first kappa shape index (κ1) is 12.5. The van der Waals surface area contributed by atoms with Crippen LogP contribution in [0.1, 0.15) is 32.6 Å². The zero-order valence-corrected chi connectivity index (χ0v) is 9.83. The second-order valence-corrected chi connectivity index (χ2v) is 4.43. The first-order chi connectivity index (χ1) is 7.15. The van der Waals surface area contributed by atoms with Gasteiger partial charge in [-0.3, -0.25) is 4.79 Å². The zero-order chi connectivity index (χ0) is 11.3. The molecule has 0 saturated heterocycles. The van der Waals surface area contributed by atoms with Crippen LogP contribution >= 0.6 is 0 Å². The molecule has 1 aliphatic rings. The number of rotatable bonds is 7. The topological polar surface area (TPSA) is 58.4 Å². The van der Waals surface area contributed by atoms with Crippen molar-refractivity contribution in [1.82, 2.24) is 10.2 Å². The van der Waals surface area contributed by atoms with E-state index in [4.69, 9.17) is 5.73 Å². The van der Waals surface area contributed by atoms with Gasteiger partial charge in [0.25, 0.3) is 0 Å². The Morgan fingerprint density at radius 1 is 1.60 bits per heavy atom. The summed E-state index contributed by atoms with van der Waals surface area (Å²) in [5.41, 5.74) is 5.36. The highest BCUT2D eigenvalue weighted by Gasteiger charge is 2.25. The molecule has 4 heteroatoms. The molecule has 15 heavy (non-hydrogen) atoms. The third kappa shape index (κ3) is 3.80. The summed E-state index contributed by atoms with van der Waals surface area (Å²) in [4.78, 5) is 13.5. The van der Waals surface area contributed by atoms with Crippen molar-refractivity contribution in [1.29, 1.82) is 0 Å². The third-order valence-corrected chi connectivity index (χ3v) is 3.15. The first-order valence-electron chi connectivity index (χ1n) is 5.88. The van der Waals surface area contributed by atoms with E-state index in [2.05, 4.69) is 24.2 Å². The summed E-state index contributed by atoms with van der Waals surface area (Å²) in [6, 6.07) is 0.464. The van der Waals surface area contributed by atoms with E-state index in [1.165, 1.54) is 19.3 Å².